The summed E-state index contributed by atoms with van der Waals surface area (Å²) in [5, 5.41) is 3.36. The smallest absolute Gasteiger partial charge is 0.161 e. The van der Waals surface area contributed by atoms with Gasteiger partial charge in [0, 0.05) is 5.75 Å². The summed E-state index contributed by atoms with van der Waals surface area (Å²) in [6.45, 7) is 5.79. The molecule has 0 saturated carbocycles. The molecule has 98 valence electrons. The van der Waals surface area contributed by atoms with Crippen LogP contribution in [0.25, 0.3) is 0 Å². The quantitative estimate of drug-likeness (QED) is 0.883. The van der Waals surface area contributed by atoms with Crippen molar-refractivity contribution in [3.63, 3.8) is 0 Å². The van der Waals surface area contributed by atoms with E-state index in [4.69, 9.17) is 0 Å². The molecule has 0 spiro atoms. The third-order valence-corrected chi connectivity index (χ3v) is 3.95. The van der Waals surface area contributed by atoms with Gasteiger partial charge in [-0.15, -0.1) is 0 Å². The van der Waals surface area contributed by atoms with E-state index in [2.05, 4.69) is 24.2 Å². The second kappa shape index (κ2) is 5.26. The Morgan fingerprint density at radius 1 is 1.39 bits per heavy atom. The van der Waals surface area contributed by atoms with Crippen LogP contribution in [-0.2, 0) is 0 Å². The number of hydrogen-bond acceptors (Lipinski definition) is 3. The highest BCUT2D eigenvalue weighted by Crippen LogP contribution is 2.27. The van der Waals surface area contributed by atoms with Gasteiger partial charge < -0.3 is 5.32 Å². The first-order chi connectivity index (χ1) is 8.49. The highest BCUT2D eigenvalue weighted by Gasteiger charge is 2.23. The van der Waals surface area contributed by atoms with Crippen molar-refractivity contribution in [1.29, 1.82) is 0 Å². The molecule has 18 heavy (non-hydrogen) atoms. The van der Waals surface area contributed by atoms with Crippen LogP contribution in [0.3, 0.4) is 0 Å². The normalized spacial score (nSPS) is 19.2. The van der Waals surface area contributed by atoms with Crippen molar-refractivity contribution in [3.8, 4) is 0 Å². The van der Waals surface area contributed by atoms with E-state index < -0.39 is 11.6 Å². The highest BCUT2D eigenvalue weighted by molar-refractivity contribution is 8.14. The maximum Gasteiger partial charge on any atom is 0.161 e. The largest absolute Gasteiger partial charge is 0.330 e. The number of anilines is 1. The van der Waals surface area contributed by atoms with Crippen molar-refractivity contribution >= 4 is 22.6 Å². The Labute approximate surface area is 110 Å². The minimum Gasteiger partial charge on any atom is -0.330 e. The van der Waals surface area contributed by atoms with Gasteiger partial charge in [-0.2, -0.15) is 0 Å². The number of nitrogens with one attached hydrogen (secondary N) is 1. The molecule has 0 bridgehead atoms. The van der Waals surface area contributed by atoms with Crippen LogP contribution in [0.5, 0.6) is 0 Å². The molecule has 2 rings (SSSR count). The maximum absolute atomic E-state index is 13.8. The molecule has 2 nitrogen and oxygen atoms in total. The average molecular weight is 270 g/mol. The van der Waals surface area contributed by atoms with Gasteiger partial charge in [-0.3, -0.25) is 4.99 Å². The second-order valence-electron chi connectivity index (χ2n) is 4.73. The van der Waals surface area contributed by atoms with Gasteiger partial charge in [0.2, 0.25) is 0 Å². The lowest BCUT2D eigenvalue weighted by molar-refractivity contribution is 0.543. The number of benzene rings is 1. The summed E-state index contributed by atoms with van der Waals surface area (Å²) in [4.78, 5) is 4.43. The van der Waals surface area contributed by atoms with Gasteiger partial charge in [-0.05, 0) is 24.5 Å². The van der Waals surface area contributed by atoms with Gasteiger partial charge >= 0.3 is 0 Å². The molecular formula is C13H16F2N2S. The molecule has 0 aromatic heterocycles. The van der Waals surface area contributed by atoms with Crippen LogP contribution >= 0.6 is 11.8 Å². The zero-order valence-electron chi connectivity index (χ0n) is 10.6. The second-order valence-corrected chi connectivity index (χ2v) is 5.74. The van der Waals surface area contributed by atoms with Crippen LogP contribution in [0.1, 0.15) is 19.4 Å². The predicted octanol–water partition coefficient (Wildman–Crippen LogP) is 3.81. The minimum absolute atomic E-state index is 0.106. The summed E-state index contributed by atoms with van der Waals surface area (Å²) in [5.74, 6) is 0.152. The summed E-state index contributed by atoms with van der Waals surface area (Å²) in [6.07, 6.45) is 0. The van der Waals surface area contributed by atoms with Crippen LogP contribution in [0.4, 0.5) is 14.5 Å². The van der Waals surface area contributed by atoms with Gasteiger partial charge in [-0.1, -0.05) is 31.7 Å². The topological polar surface area (TPSA) is 24.4 Å². The first-order valence-corrected chi connectivity index (χ1v) is 6.90. The molecular weight excluding hydrogens is 254 g/mol. The SMILES string of the molecule is Cc1ccc(F)c(NC2=N[C@@H](C(C)C)CS2)c1F. The van der Waals surface area contributed by atoms with Crippen molar-refractivity contribution in [2.24, 2.45) is 10.9 Å². The van der Waals surface area contributed by atoms with E-state index in [-0.39, 0.29) is 11.7 Å². The minimum atomic E-state index is -0.589. The Bertz CT molecular complexity index is 486. The zero-order valence-corrected chi connectivity index (χ0v) is 11.4. The third kappa shape index (κ3) is 2.66. The Morgan fingerprint density at radius 3 is 2.72 bits per heavy atom. The average Bonchev–Trinajstić information content (AvgIpc) is 2.78. The molecule has 1 aliphatic rings. The molecule has 1 atom stereocenters. The Hall–Kier alpha value is -1.10. The van der Waals surface area contributed by atoms with Gasteiger partial charge in [-0.25, -0.2) is 8.78 Å². The molecule has 0 saturated heterocycles. The van der Waals surface area contributed by atoms with Crippen molar-refractivity contribution < 1.29 is 8.78 Å². The van der Waals surface area contributed by atoms with Gasteiger partial charge in [0.05, 0.1) is 6.04 Å². The molecule has 0 amide bonds. The molecule has 1 aliphatic heterocycles. The standard InChI is InChI=1S/C13H16F2N2S/c1-7(2)10-6-18-13(16-10)17-12-9(14)5-4-8(3)11(12)15/h4-5,7,10H,6H2,1-3H3,(H,16,17)/t10-/m1/s1. The lowest BCUT2D eigenvalue weighted by Gasteiger charge is -2.09. The Kier molecular flexibility index (Phi) is 3.90. The summed E-state index contributed by atoms with van der Waals surface area (Å²) in [6, 6.07) is 2.91. The fourth-order valence-corrected chi connectivity index (χ4v) is 2.85. The molecule has 1 N–H and O–H groups in total. The number of nitrogens with zero attached hydrogens (tertiary/aromatic N) is 1. The summed E-state index contributed by atoms with van der Waals surface area (Å²) in [7, 11) is 0. The number of thioether (sulfide) groups is 1. The number of aliphatic imine (C=N–C) groups is 1. The van der Waals surface area contributed by atoms with E-state index in [1.807, 2.05) is 0 Å². The van der Waals surface area contributed by atoms with Crippen molar-refractivity contribution in [3.05, 3.63) is 29.3 Å². The fourth-order valence-electron chi connectivity index (χ4n) is 1.68. The highest BCUT2D eigenvalue weighted by atomic mass is 32.2. The fraction of sp³-hybridized carbons (Fsp3) is 0.462. The Balaban J connectivity index is 2.21. The van der Waals surface area contributed by atoms with E-state index in [1.165, 1.54) is 23.9 Å². The van der Waals surface area contributed by atoms with E-state index in [0.717, 1.165) is 5.75 Å². The molecule has 1 aromatic rings. The van der Waals surface area contributed by atoms with Gasteiger partial charge in [0.15, 0.2) is 11.0 Å². The molecule has 0 radical (unpaired) electrons. The van der Waals surface area contributed by atoms with E-state index in [1.54, 1.807) is 6.92 Å². The van der Waals surface area contributed by atoms with Crippen LogP contribution in [0.15, 0.2) is 17.1 Å². The summed E-state index contributed by atoms with van der Waals surface area (Å²) >= 11 is 1.50. The van der Waals surface area contributed by atoms with Crippen LogP contribution < -0.4 is 5.32 Å². The first kappa shape index (κ1) is 13.3. The molecule has 1 heterocycles. The van der Waals surface area contributed by atoms with Crippen LogP contribution in [0, 0.1) is 24.5 Å². The monoisotopic (exact) mass is 270 g/mol. The zero-order chi connectivity index (χ0) is 13.3. The molecule has 0 fully saturated rings. The lowest BCUT2D eigenvalue weighted by atomic mass is 10.1. The van der Waals surface area contributed by atoms with Gasteiger partial charge in [0.25, 0.3) is 0 Å². The maximum atomic E-state index is 13.8. The van der Waals surface area contributed by atoms with E-state index >= 15 is 0 Å². The van der Waals surface area contributed by atoms with E-state index in [0.29, 0.717) is 16.6 Å². The number of aryl methyl sites for hydroxylation is 1. The van der Waals surface area contributed by atoms with Crippen LogP contribution in [0.2, 0.25) is 0 Å². The first-order valence-electron chi connectivity index (χ1n) is 5.91. The van der Waals surface area contributed by atoms with E-state index in [9.17, 15) is 8.78 Å². The van der Waals surface area contributed by atoms with Crippen molar-refractivity contribution in [2.75, 3.05) is 11.1 Å². The molecule has 0 aliphatic carbocycles. The predicted molar refractivity (Wildman–Crippen MR) is 73.2 cm³/mol. The summed E-state index contributed by atoms with van der Waals surface area (Å²) < 4.78 is 27.4. The molecule has 1 aromatic carbocycles. The molecule has 5 heteroatoms. The Morgan fingerprint density at radius 2 is 2.11 bits per heavy atom. The van der Waals surface area contributed by atoms with Crippen LogP contribution in [-0.4, -0.2) is 17.0 Å². The number of hydrogen-bond donors (Lipinski definition) is 1. The molecule has 0 unspecified atom stereocenters. The number of rotatable bonds is 2. The number of halogens is 2. The summed E-state index contributed by atoms with van der Waals surface area (Å²) in [5.41, 5.74) is 0.313. The van der Waals surface area contributed by atoms with Crippen molar-refractivity contribution in [1.82, 2.24) is 0 Å². The lowest BCUT2D eigenvalue weighted by Crippen LogP contribution is -2.12. The van der Waals surface area contributed by atoms with Crippen molar-refractivity contribution in [2.45, 2.75) is 26.8 Å². The number of amidine groups is 1. The van der Waals surface area contributed by atoms with Gasteiger partial charge in [0.1, 0.15) is 11.5 Å². The third-order valence-electron chi connectivity index (χ3n) is 2.96.